The Morgan fingerprint density at radius 2 is 1.74 bits per heavy atom. The molecule has 1 fully saturated rings. The van der Waals surface area contributed by atoms with Gasteiger partial charge in [0, 0.05) is 1.43 Å². The molecule has 3 rings (SSSR count). The van der Waals surface area contributed by atoms with Crippen LogP contribution in [-0.2, 0) is 0 Å². The molecule has 1 saturated carbocycles. The van der Waals surface area contributed by atoms with Gasteiger partial charge in [-0.1, -0.05) is 37.1 Å². The van der Waals surface area contributed by atoms with Gasteiger partial charge >= 0.3 is 6.36 Å². The van der Waals surface area contributed by atoms with E-state index in [2.05, 4.69) is 17.4 Å². The average Bonchev–Trinajstić information content (AvgIpc) is 2.66. The molecule has 0 radical (unpaired) electrons. The fourth-order valence-corrected chi connectivity index (χ4v) is 4.72. The highest BCUT2D eigenvalue weighted by Crippen LogP contribution is 2.42. The fraction of sp³-hybridized carbons (Fsp3) is 0.565. The monoisotopic (exact) mass is 380 g/mol. The quantitative estimate of drug-likeness (QED) is 0.458. The molecule has 0 spiro atoms. The van der Waals surface area contributed by atoms with Crippen LogP contribution in [0.3, 0.4) is 0 Å². The van der Waals surface area contributed by atoms with E-state index in [1.165, 1.54) is 56.2 Å². The Balaban J connectivity index is 0.00000280. The van der Waals surface area contributed by atoms with Crippen molar-refractivity contribution in [3.05, 3.63) is 48.6 Å². The van der Waals surface area contributed by atoms with Gasteiger partial charge in [-0.25, -0.2) is 0 Å². The second-order valence-corrected chi connectivity index (χ2v) is 7.98. The normalized spacial score (nSPS) is 26.3. The number of hydrogen-bond acceptors (Lipinski definition) is 1. The zero-order chi connectivity index (χ0) is 19.3. The Labute approximate surface area is 161 Å². The molecule has 1 nitrogen and oxygen atoms in total. The molecule has 2 aliphatic carbocycles. The van der Waals surface area contributed by atoms with Crippen molar-refractivity contribution >= 4 is 5.57 Å². The highest BCUT2D eigenvalue weighted by atomic mass is 19.4. The van der Waals surface area contributed by atoms with Gasteiger partial charge in [0.15, 0.2) is 0 Å². The Morgan fingerprint density at radius 3 is 2.30 bits per heavy atom. The second-order valence-electron chi connectivity index (χ2n) is 7.98. The maximum atomic E-state index is 12.3. The van der Waals surface area contributed by atoms with Crippen LogP contribution in [0.4, 0.5) is 13.2 Å². The molecule has 1 atom stereocenters. The van der Waals surface area contributed by atoms with E-state index in [0.717, 1.165) is 42.6 Å². The number of allylic oxidation sites excluding steroid dienone is 3. The smallest absolute Gasteiger partial charge is 0.406 e. The van der Waals surface area contributed by atoms with Crippen molar-refractivity contribution in [2.45, 2.75) is 64.1 Å². The summed E-state index contributed by atoms with van der Waals surface area (Å²) in [4.78, 5) is 0. The van der Waals surface area contributed by atoms with Crippen molar-refractivity contribution in [2.24, 2.45) is 17.8 Å². The zero-order valence-electron chi connectivity index (χ0n) is 15.8. The lowest BCUT2D eigenvalue weighted by atomic mass is 9.70. The molecule has 0 aliphatic heterocycles. The standard InChI is InChI=1S/C23H29F3O.H2/c1-2-3-4-17-5-7-18(8-6-17)19-9-11-20(12-10-19)21-13-15-22(16-14-21)27-23(24,25)26;/h2,11,13-19H,1,3-10,12H2;1H. The molecule has 150 valence electrons. The van der Waals surface area contributed by atoms with E-state index in [4.69, 9.17) is 0 Å². The number of alkyl halides is 3. The average molecular weight is 380 g/mol. The topological polar surface area (TPSA) is 9.23 Å². The predicted octanol–water partition coefficient (Wildman–Crippen LogP) is 7.79. The van der Waals surface area contributed by atoms with Crippen molar-refractivity contribution < 1.29 is 19.3 Å². The van der Waals surface area contributed by atoms with E-state index in [0.29, 0.717) is 0 Å². The Morgan fingerprint density at radius 1 is 1.04 bits per heavy atom. The van der Waals surface area contributed by atoms with Gasteiger partial charge < -0.3 is 4.74 Å². The summed E-state index contributed by atoms with van der Waals surface area (Å²) in [7, 11) is 0. The maximum absolute atomic E-state index is 12.3. The van der Waals surface area contributed by atoms with Gasteiger partial charge in [-0.3, -0.25) is 0 Å². The summed E-state index contributed by atoms with van der Waals surface area (Å²) in [5.74, 6) is 2.33. The number of ether oxygens (including phenoxy) is 1. The first-order chi connectivity index (χ1) is 12.9. The van der Waals surface area contributed by atoms with E-state index in [9.17, 15) is 13.2 Å². The molecule has 2 aliphatic rings. The zero-order valence-corrected chi connectivity index (χ0v) is 15.8. The third-order valence-corrected chi connectivity index (χ3v) is 6.25. The van der Waals surface area contributed by atoms with Gasteiger partial charge in [-0.15, -0.1) is 19.8 Å². The van der Waals surface area contributed by atoms with Gasteiger partial charge in [-0.2, -0.15) is 0 Å². The van der Waals surface area contributed by atoms with Gasteiger partial charge in [0.25, 0.3) is 0 Å². The summed E-state index contributed by atoms with van der Waals surface area (Å²) in [6.07, 6.45) is 10.8. The molecule has 27 heavy (non-hydrogen) atoms. The van der Waals surface area contributed by atoms with Crippen LogP contribution in [0.25, 0.3) is 5.57 Å². The number of halogens is 3. The van der Waals surface area contributed by atoms with E-state index < -0.39 is 6.36 Å². The molecule has 0 aromatic heterocycles. The van der Waals surface area contributed by atoms with Crippen molar-refractivity contribution in [2.75, 3.05) is 0 Å². The molecule has 0 N–H and O–H groups in total. The lowest BCUT2D eigenvalue weighted by Crippen LogP contribution is -2.23. The van der Waals surface area contributed by atoms with Crippen LogP contribution in [0.5, 0.6) is 5.75 Å². The summed E-state index contributed by atoms with van der Waals surface area (Å²) < 4.78 is 40.7. The van der Waals surface area contributed by atoms with Crippen LogP contribution in [0.1, 0.15) is 64.8 Å². The van der Waals surface area contributed by atoms with Gasteiger partial charge in [0.05, 0.1) is 0 Å². The summed E-state index contributed by atoms with van der Waals surface area (Å²) >= 11 is 0. The molecule has 4 heteroatoms. The Bertz CT molecular complexity index is 643. The fourth-order valence-electron chi connectivity index (χ4n) is 4.72. The summed E-state index contributed by atoms with van der Waals surface area (Å²) in [6, 6.07) is 6.27. The summed E-state index contributed by atoms with van der Waals surface area (Å²) in [6.45, 7) is 3.82. The molecular formula is C23H31F3O. The van der Waals surface area contributed by atoms with Gasteiger partial charge in [0.2, 0.25) is 0 Å². The lowest BCUT2D eigenvalue weighted by Gasteiger charge is -2.35. The molecular weight excluding hydrogens is 349 g/mol. The van der Waals surface area contributed by atoms with E-state index in [-0.39, 0.29) is 7.18 Å². The van der Waals surface area contributed by atoms with Crippen LogP contribution < -0.4 is 4.74 Å². The van der Waals surface area contributed by atoms with Crippen molar-refractivity contribution in [1.29, 1.82) is 0 Å². The molecule has 0 saturated heterocycles. The SMILES string of the molecule is C=CCCC1CCC(C2CC=C(c3ccc(OC(F)(F)F)cc3)CC2)CC1.[HH]. The Hall–Kier alpha value is -1.71. The van der Waals surface area contributed by atoms with E-state index >= 15 is 0 Å². The minimum atomic E-state index is -4.64. The largest absolute Gasteiger partial charge is 0.573 e. The molecule has 0 amide bonds. The number of benzene rings is 1. The highest BCUT2D eigenvalue weighted by Gasteiger charge is 2.31. The summed E-state index contributed by atoms with van der Waals surface area (Å²) in [5, 5.41) is 0. The second kappa shape index (κ2) is 8.99. The molecule has 0 heterocycles. The van der Waals surface area contributed by atoms with Crippen molar-refractivity contribution in [3.8, 4) is 5.75 Å². The minimum Gasteiger partial charge on any atom is -0.406 e. The van der Waals surface area contributed by atoms with Crippen molar-refractivity contribution in [1.82, 2.24) is 0 Å². The maximum Gasteiger partial charge on any atom is 0.573 e. The third kappa shape index (κ3) is 5.88. The van der Waals surface area contributed by atoms with Gasteiger partial charge in [-0.05, 0) is 86.0 Å². The molecule has 1 unspecified atom stereocenters. The number of rotatable bonds is 6. The van der Waals surface area contributed by atoms with Crippen molar-refractivity contribution in [3.63, 3.8) is 0 Å². The van der Waals surface area contributed by atoms with E-state index in [1.54, 1.807) is 12.1 Å². The van der Waals surface area contributed by atoms with Crippen LogP contribution in [0.15, 0.2) is 43.0 Å². The van der Waals surface area contributed by atoms with Crippen LogP contribution in [0, 0.1) is 17.8 Å². The number of hydrogen-bond donors (Lipinski definition) is 0. The van der Waals surface area contributed by atoms with Crippen LogP contribution >= 0.6 is 0 Å². The first-order valence-electron chi connectivity index (χ1n) is 10.1. The third-order valence-electron chi connectivity index (χ3n) is 6.25. The predicted molar refractivity (Wildman–Crippen MR) is 105 cm³/mol. The first kappa shape index (κ1) is 20.0. The highest BCUT2D eigenvalue weighted by molar-refractivity contribution is 5.66. The summed E-state index contributed by atoms with van der Waals surface area (Å²) in [5.41, 5.74) is 2.26. The molecule has 1 aromatic rings. The van der Waals surface area contributed by atoms with Crippen LogP contribution in [0.2, 0.25) is 0 Å². The molecule has 0 bridgehead atoms. The molecule has 1 aromatic carbocycles. The Kier molecular flexibility index (Phi) is 6.67. The van der Waals surface area contributed by atoms with E-state index in [1.807, 2.05) is 6.08 Å². The lowest BCUT2D eigenvalue weighted by molar-refractivity contribution is -0.274. The van der Waals surface area contributed by atoms with Crippen LogP contribution in [-0.4, -0.2) is 6.36 Å². The minimum absolute atomic E-state index is 0. The first-order valence-corrected chi connectivity index (χ1v) is 10.1. The van der Waals surface area contributed by atoms with Gasteiger partial charge in [0.1, 0.15) is 5.75 Å².